The number of ether oxygens (including phenoxy) is 1. The van der Waals surface area contributed by atoms with Gasteiger partial charge in [0, 0.05) is 11.0 Å². The van der Waals surface area contributed by atoms with Crippen LogP contribution >= 0.6 is 15.9 Å². The molecule has 1 aliphatic rings. The van der Waals surface area contributed by atoms with Gasteiger partial charge in [0.05, 0.1) is 5.69 Å². The van der Waals surface area contributed by atoms with Crippen LogP contribution in [0.5, 0.6) is 5.75 Å². The predicted octanol–water partition coefficient (Wildman–Crippen LogP) is 4.88. The molecular formula is C26H23BrN2O3. The highest BCUT2D eigenvalue weighted by atomic mass is 79.9. The Balaban J connectivity index is 1.48. The third-order valence-electron chi connectivity index (χ3n) is 5.18. The van der Waals surface area contributed by atoms with Gasteiger partial charge < -0.3 is 10.1 Å². The number of rotatable bonds is 6. The fourth-order valence-electron chi connectivity index (χ4n) is 3.45. The number of carbonyl (C=O) groups excluding carboxylic acids is 2. The Bertz CT molecular complexity index is 1170. The number of fused-ring (bicyclic) bond motifs is 1. The summed E-state index contributed by atoms with van der Waals surface area (Å²) in [5, 5.41) is 2.92. The van der Waals surface area contributed by atoms with Crippen molar-refractivity contribution in [1.29, 1.82) is 0 Å². The minimum Gasteiger partial charge on any atom is -0.449 e. The van der Waals surface area contributed by atoms with Gasteiger partial charge in [0.1, 0.15) is 6.54 Å². The molecule has 162 valence electrons. The molecule has 0 fully saturated rings. The first kappa shape index (κ1) is 21.8. The van der Waals surface area contributed by atoms with Crippen LogP contribution < -0.4 is 15.0 Å². The molecule has 0 spiro atoms. The number of benzene rings is 3. The van der Waals surface area contributed by atoms with E-state index in [1.165, 1.54) is 10.5 Å². The lowest BCUT2D eigenvalue weighted by Crippen LogP contribution is -2.44. The van der Waals surface area contributed by atoms with Gasteiger partial charge in [-0.1, -0.05) is 76.1 Å². The zero-order valence-corrected chi connectivity index (χ0v) is 19.3. The zero-order valence-electron chi connectivity index (χ0n) is 17.7. The molecule has 0 bridgehead atoms. The summed E-state index contributed by atoms with van der Waals surface area (Å²) in [4.78, 5) is 27.3. The van der Waals surface area contributed by atoms with Crippen molar-refractivity contribution in [3.8, 4) is 5.75 Å². The van der Waals surface area contributed by atoms with Crippen LogP contribution in [0.15, 0.2) is 83.0 Å². The Kier molecular flexibility index (Phi) is 6.71. The van der Waals surface area contributed by atoms with Crippen molar-refractivity contribution in [2.24, 2.45) is 0 Å². The van der Waals surface area contributed by atoms with Crippen LogP contribution in [0.1, 0.15) is 16.7 Å². The summed E-state index contributed by atoms with van der Waals surface area (Å²) in [7, 11) is 0. The average molecular weight is 491 g/mol. The molecule has 0 aliphatic carbocycles. The Hall–Kier alpha value is -3.38. The van der Waals surface area contributed by atoms with E-state index in [0.717, 1.165) is 22.0 Å². The predicted molar refractivity (Wildman–Crippen MR) is 129 cm³/mol. The van der Waals surface area contributed by atoms with Gasteiger partial charge in [-0.3, -0.25) is 14.5 Å². The molecule has 1 aliphatic heterocycles. The highest BCUT2D eigenvalue weighted by Crippen LogP contribution is 2.35. The third-order valence-corrected chi connectivity index (χ3v) is 5.90. The molecule has 1 N–H and O–H groups in total. The number of halogens is 1. The Morgan fingerprint density at radius 2 is 1.75 bits per heavy atom. The zero-order chi connectivity index (χ0) is 22.5. The molecule has 0 atom stereocenters. The van der Waals surface area contributed by atoms with Crippen LogP contribution in [0.25, 0.3) is 6.08 Å². The number of hydrogen-bond acceptors (Lipinski definition) is 3. The van der Waals surface area contributed by atoms with E-state index in [-0.39, 0.29) is 24.1 Å². The molecule has 0 radical (unpaired) electrons. The van der Waals surface area contributed by atoms with E-state index in [4.69, 9.17) is 4.74 Å². The molecule has 0 saturated heterocycles. The van der Waals surface area contributed by atoms with E-state index in [1.54, 1.807) is 18.2 Å². The van der Waals surface area contributed by atoms with Gasteiger partial charge in [-0.25, -0.2) is 0 Å². The SMILES string of the molecule is Cc1ccc(CCNC(=O)CN2C(=O)/C(=C\c3ccccc3Br)Oc3ccccc32)cc1. The van der Waals surface area contributed by atoms with Crippen LogP contribution in [0, 0.1) is 6.92 Å². The lowest BCUT2D eigenvalue weighted by Gasteiger charge is -2.30. The van der Waals surface area contributed by atoms with Gasteiger partial charge in [0.25, 0.3) is 5.91 Å². The molecule has 32 heavy (non-hydrogen) atoms. The number of carbonyl (C=O) groups is 2. The van der Waals surface area contributed by atoms with Crippen molar-refractivity contribution >= 4 is 39.5 Å². The fourth-order valence-corrected chi connectivity index (χ4v) is 3.85. The summed E-state index contributed by atoms with van der Waals surface area (Å²) in [6.45, 7) is 2.46. The second kappa shape index (κ2) is 9.83. The Morgan fingerprint density at radius 1 is 1.03 bits per heavy atom. The maximum absolute atomic E-state index is 13.2. The standard InChI is InChI=1S/C26H23BrN2O3/c1-18-10-12-19(13-11-18)14-15-28-25(30)17-29-22-8-4-5-9-23(22)32-24(26(29)31)16-20-6-2-3-7-21(20)27/h2-13,16H,14-15,17H2,1H3,(H,28,30)/b24-16+. The summed E-state index contributed by atoms with van der Waals surface area (Å²) in [5.41, 5.74) is 3.75. The van der Waals surface area contributed by atoms with Crippen LogP contribution in [-0.4, -0.2) is 24.9 Å². The lowest BCUT2D eigenvalue weighted by molar-refractivity contribution is -0.123. The minimum absolute atomic E-state index is 0.0829. The van der Waals surface area contributed by atoms with Crippen LogP contribution in [0.2, 0.25) is 0 Å². The normalized spacial score (nSPS) is 14.1. The molecule has 1 heterocycles. The molecule has 3 aromatic rings. The van der Waals surface area contributed by atoms with Gasteiger partial charge >= 0.3 is 0 Å². The molecule has 3 aromatic carbocycles. The maximum Gasteiger partial charge on any atom is 0.294 e. The maximum atomic E-state index is 13.2. The first-order valence-electron chi connectivity index (χ1n) is 10.4. The molecule has 0 saturated carbocycles. The third kappa shape index (κ3) is 5.08. The Morgan fingerprint density at radius 3 is 2.53 bits per heavy atom. The van der Waals surface area contributed by atoms with E-state index < -0.39 is 0 Å². The second-order valence-corrected chi connectivity index (χ2v) is 8.43. The largest absolute Gasteiger partial charge is 0.449 e. The molecule has 0 unspecified atom stereocenters. The summed E-state index contributed by atoms with van der Waals surface area (Å²) in [6, 6.07) is 23.0. The van der Waals surface area contributed by atoms with Gasteiger partial charge in [0.2, 0.25) is 5.91 Å². The van der Waals surface area contributed by atoms with Crippen LogP contribution in [-0.2, 0) is 16.0 Å². The number of anilines is 1. The van der Waals surface area contributed by atoms with Crippen molar-refractivity contribution in [2.75, 3.05) is 18.0 Å². The Labute approximate surface area is 195 Å². The monoisotopic (exact) mass is 490 g/mol. The molecule has 4 rings (SSSR count). The van der Waals surface area contributed by atoms with Crippen LogP contribution in [0.3, 0.4) is 0 Å². The number of amides is 2. The van der Waals surface area contributed by atoms with Gasteiger partial charge in [-0.15, -0.1) is 0 Å². The number of nitrogens with one attached hydrogen (secondary N) is 1. The number of aryl methyl sites for hydroxylation is 1. The number of hydrogen-bond donors (Lipinski definition) is 1. The van der Waals surface area contributed by atoms with Gasteiger partial charge in [-0.05, 0) is 48.7 Å². The summed E-state index contributed by atoms with van der Waals surface area (Å²) >= 11 is 3.49. The minimum atomic E-state index is -0.354. The van der Waals surface area contributed by atoms with E-state index in [1.807, 2.05) is 43.3 Å². The van der Waals surface area contributed by atoms with Crippen molar-refractivity contribution in [3.05, 3.63) is 99.7 Å². The lowest BCUT2D eigenvalue weighted by atomic mass is 10.1. The smallest absolute Gasteiger partial charge is 0.294 e. The van der Waals surface area contributed by atoms with Crippen molar-refractivity contribution in [1.82, 2.24) is 5.32 Å². The number of para-hydroxylation sites is 2. The molecular weight excluding hydrogens is 468 g/mol. The van der Waals surface area contributed by atoms with Crippen molar-refractivity contribution < 1.29 is 14.3 Å². The fraction of sp³-hybridized carbons (Fsp3) is 0.154. The van der Waals surface area contributed by atoms with E-state index in [9.17, 15) is 9.59 Å². The summed E-state index contributed by atoms with van der Waals surface area (Å²) in [5.74, 6) is 0.136. The topological polar surface area (TPSA) is 58.6 Å². The van der Waals surface area contributed by atoms with Crippen molar-refractivity contribution in [3.63, 3.8) is 0 Å². The van der Waals surface area contributed by atoms with E-state index in [0.29, 0.717) is 18.0 Å². The highest BCUT2D eigenvalue weighted by Gasteiger charge is 2.31. The summed E-state index contributed by atoms with van der Waals surface area (Å²) in [6.07, 6.45) is 2.41. The van der Waals surface area contributed by atoms with Gasteiger partial charge in [0.15, 0.2) is 11.5 Å². The molecule has 0 aromatic heterocycles. The molecule has 2 amide bonds. The van der Waals surface area contributed by atoms with E-state index >= 15 is 0 Å². The average Bonchev–Trinajstić information content (AvgIpc) is 2.79. The highest BCUT2D eigenvalue weighted by molar-refractivity contribution is 9.10. The quantitative estimate of drug-likeness (QED) is 0.500. The second-order valence-electron chi connectivity index (χ2n) is 7.58. The van der Waals surface area contributed by atoms with Gasteiger partial charge in [-0.2, -0.15) is 0 Å². The van der Waals surface area contributed by atoms with E-state index in [2.05, 4.69) is 45.5 Å². The summed E-state index contributed by atoms with van der Waals surface area (Å²) < 4.78 is 6.73. The molecule has 5 nitrogen and oxygen atoms in total. The number of nitrogens with zero attached hydrogens (tertiary/aromatic N) is 1. The van der Waals surface area contributed by atoms with Crippen molar-refractivity contribution in [2.45, 2.75) is 13.3 Å². The first-order valence-corrected chi connectivity index (χ1v) is 11.2. The van der Waals surface area contributed by atoms with Crippen LogP contribution in [0.4, 0.5) is 5.69 Å². The first-order chi connectivity index (χ1) is 15.5. The molecule has 6 heteroatoms.